The van der Waals surface area contributed by atoms with Crippen molar-refractivity contribution in [3.8, 4) is 23.0 Å². The zero-order valence-corrected chi connectivity index (χ0v) is 47.7. The van der Waals surface area contributed by atoms with Gasteiger partial charge in [0.15, 0.2) is 0 Å². The third-order valence-corrected chi connectivity index (χ3v) is 11.4. The van der Waals surface area contributed by atoms with Crippen LogP contribution < -0.4 is 62.1 Å². The molecule has 8 aromatic carbocycles. The fraction of sp³-hybridized carbons (Fsp3) is 0.267. The summed E-state index contributed by atoms with van der Waals surface area (Å²) in [5, 5.41) is 108. The number of aliphatic imine (C=N–C) groups is 4. The summed E-state index contributed by atoms with van der Waals surface area (Å²) < 4.78 is 0. The van der Waals surface area contributed by atoms with Gasteiger partial charge in [-0.3, -0.25) is 20.0 Å². The van der Waals surface area contributed by atoms with Crippen molar-refractivity contribution in [2.24, 2.45) is 20.0 Å². The number of nitrogens with zero attached hydrogens (tertiary/aromatic N) is 4. The fourth-order valence-electron chi connectivity index (χ4n) is 7.62. The molecule has 0 bridgehead atoms. The first-order valence-electron chi connectivity index (χ1n) is 25.2. The van der Waals surface area contributed by atoms with E-state index in [0.717, 1.165) is 43.1 Å². The van der Waals surface area contributed by atoms with E-state index in [1.165, 1.54) is 0 Å². The van der Waals surface area contributed by atoms with E-state index in [0.29, 0.717) is 101 Å². The molecule has 0 aliphatic carbocycles. The monoisotopic (exact) mass is 1260 g/mol. The van der Waals surface area contributed by atoms with Crippen LogP contribution in [-0.4, -0.2) is 130 Å². The molecule has 0 aliphatic heterocycles. The zero-order chi connectivity index (χ0) is 54.0. The van der Waals surface area contributed by atoms with Crippen molar-refractivity contribution in [3.63, 3.8) is 0 Å². The minimum absolute atomic E-state index is 0. The largest absolute Gasteiger partial charge is 3.00 e. The van der Waals surface area contributed by atoms with Crippen LogP contribution in [0.2, 0.25) is 0 Å². The summed E-state index contributed by atoms with van der Waals surface area (Å²) in [4.78, 5) is 16.9. The molecule has 0 saturated heterocycles. The van der Waals surface area contributed by atoms with E-state index < -0.39 is 0 Å². The van der Waals surface area contributed by atoms with Crippen molar-refractivity contribution >= 4 is 67.9 Å². The first kappa shape index (κ1) is 72.3. The van der Waals surface area contributed by atoms with Gasteiger partial charge in [0.25, 0.3) is 0 Å². The molecular formula is C60H64N8Ni4O8+4. The average molecular weight is 1260 g/mol. The van der Waals surface area contributed by atoms with Gasteiger partial charge in [0.1, 0.15) is 0 Å². The van der Waals surface area contributed by atoms with Crippen LogP contribution in [0.1, 0.15) is 22.3 Å². The van der Waals surface area contributed by atoms with E-state index >= 15 is 0 Å². The molecule has 8 aromatic rings. The molecule has 0 unspecified atom stereocenters. The summed E-state index contributed by atoms with van der Waals surface area (Å²) in [6, 6.07) is 44.6. The summed E-state index contributed by atoms with van der Waals surface area (Å²) in [7, 11) is 0. The number of hydrogen-bond donors (Lipinski definition) is 4. The number of benzene rings is 8. The molecule has 20 heteroatoms. The van der Waals surface area contributed by atoms with Crippen LogP contribution in [0, 0.1) is 0 Å². The average Bonchev–Trinajstić information content (AvgIpc) is 3.45. The van der Waals surface area contributed by atoms with Crippen molar-refractivity contribution in [2.45, 2.75) is 0 Å². The molecule has 0 spiro atoms. The summed E-state index contributed by atoms with van der Waals surface area (Å²) in [5.74, 6) is -0.0742. The predicted octanol–water partition coefficient (Wildman–Crippen LogP) is 1.12. The van der Waals surface area contributed by atoms with Crippen molar-refractivity contribution in [3.05, 3.63) is 168 Å². The van der Waals surface area contributed by atoms with Crippen LogP contribution in [0.4, 0.5) is 0 Å². The molecule has 0 atom stereocenters. The molecule has 0 fully saturated rings. The Hall–Kier alpha value is -5.67. The van der Waals surface area contributed by atoms with Gasteiger partial charge < -0.3 is 62.1 Å². The van der Waals surface area contributed by atoms with Gasteiger partial charge in [0, 0.05) is 51.0 Å². The van der Waals surface area contributed by atoms with Crippen molar-refractivity contribution in [1.29, 1.82) is 0 Å². The number of hydrogen-bond acceptors (Lipinski definition) is 16. The smallest absolute Gasteiger partial charge is 0.872 e. The van der Waals surface area contributed by atoms with Gasteiger partial charge in [0.2, 0.25) is 0 Å². The Morgan fingerprint density at radius 2 is 0.475 bits per heavy atom. The zero-order valence-electron chi connectivity index (χ0n) is 43.8. The molecule has 4 radical (unpaired) electrons. The second-order valence-corrected chi connectivity index (χ2v) is 16.8. The van der Waals surface area contributed by atoms with Crippen LogP contribution in [0.3, 0.4) is 0 Å². The van der Waals surface area contributed by atoms with E-state index in [4.69, 9.17) is 0 Å². The summed E-state index contributed by atoms with van der Waals surface area (Å²) in [5.41, 5.74) is 2.51. The molecule has 0 amide bonds. The molecule has 0 heterocycles. The van der Waals surface area contributed by atoms with Crippen molar-refractivity contribution in [2.75, 3.05) is 105 Å². The van der Waals surface area contributed by atoms with E-state index in [1.54, 1.807) is 49.1 Å². The van der Waals surface area contributed by atoms with Crippen LogP contribution >= 0.6 is 0 Å². The van der Waals surface area contributed by atoms with E-state index in [9.17, 15) is 40.9 Å². The Bertz CT molecular complexity index is 2700. The standard InChI is InChI=1S/4C15H17N2O2.4Ni/c4*18-10-9-16-7-8-17-11-14-13-4-2-1-3-12(13)5-6-15(14)19;;;;/h4*1-6,11,16,19H,7-10H2;;;;/q4*-1;4*+3/p-4. The molecule has 428 valence electrons. The molecule has 4 N–H and O–H groups in total. The molecule has 0 aromatic heterocycles. The Morgan fingerprint density at radius 3 is 0.675 bits per heavy atom. The first-order valence-corrected chi connectivity index (χ1v) is 25.2. The van der Waals surface area contributed by atoms with E-state index in [1.807, 2.05) is 121 Å². The van der Waals surface area contributed by atoms with Gasteiger partial charge in [-0.15, -0.1) is 26.4 Å². The SMILES string of the molecule is [Ni+3].[Ni+3].[Ni+3].[Ni+3].[O-]CCNCCN=Cc1c([O-])ccc2ccccc12.[O-]CCNCCN=Cc1c([O-])ccc2ccccc12.[O-]CCNCCN=Cc1c([O-])ccc2ccccc12.[O-]CCNCCN=Cc1c([O-])ccc2ccccc12. The molecular weight excluding hydrogens is 1200 g/mol. The van der Waals surface area contributed by atoms with E-state index in [-0.39, 0.29) is 115 Å². The molecule has 0 saturated carbocycles. The van der Waals surface area contributed by atoms with Gasteiger partial charge in [-0.2, -0.15) is 0 Å². The maximum Gasteiger partial charge on any atom is 3.00 e. The molecule has 16 nitrogen and oxygen atoms in total. The summed E-state index contributed by atoms with van der Waals surface area (Å²) >= 11 is 0. The predicted molar refractivity (Wildman–Crippen MR) is 294 cm³/mol. The quantitative estimate of drug-likeness (QED) is 0.0377. The maximum atomic E-state index is 11.9. The van der Waals surface area contributed by atoms with Gasteiger partial charge in [-0.25, -0.2) is 0 Å². The first-order chi connectivity index (χ1) is 37.3. The van der Waals surface area contributed by atoms with Crippen LogP contribution in [0.15, 0.2) is 166 Å². The van der Waals surface area contributed by atoms with Crippen LogP contribution in [-0.2, 0) is 66.0 Å². The summed E-state index contributed by atoms with van der Waals surface area (Å²) in [6.07, 6.45) is 6.51. The second-order valence-electron chi connectivity index (χ2n) is 16.8. The Balaban J connectivity index is 0.000000525. The third kappa shape index (κ3) is 24.6. The second kappa shape index (κ2) is 43.1. The van der Waals surface area contributed by atoms with Gasteiger partial charge >= 0.3 is 66.0 Å². The van der Waals surface area contributed by atoms with Gasteiger partial charge in [-0.05, 0) is 91.5 Å². The molecule has 8 rings (SSSR count). The van der Waals surface area contributed by atoms with Crippen molar-refractivity contribution < 1.29 is 107 Å². The fourth-order valence-corrected chi connectivity index (χ4v) is 7.62. The number of fused-ring (bicyclic) bond motifs is 4. The van der Waals surface area contributed by atoms with Crippen LogP contribution in [0.5, 0.6) is 23.0 Å². The number of nitrogens with one attached hydrogen (secondary N) is 4. The van der Waals surface area contributed by atoms with Gasteiger partial charge in [-0.1, -0.05) is 169 Å². The van der Waals surface area contributed by atoms with E-state index in [2.05, 4.69) is 41.2 Å². The Labute approximate surface area is 508 Å². The topological polar surface area (TPSA) is 282 Å². The normalized spacial score (nSPS) is 10.8. The summed E-state index contributed by atoms with van der Waals surface area (Å²) in [6.45, 7) is 6.15. The molecule has 0 aliphatic rings. The number of rotatable bonds is 24. The Morgan fingerprint density at radius 1 is 0.275 bits per heavy atom. The third-order valence-electron chi connectivity index (χ3n) is 11.4. The maximum absolute atomic E-state index is 11.9. The minimum atomic E-state index is -0.127. The van der Waals surface area contributed by atoms with Gasteiger partial charge in [0.05, 0.1) is 26.2 Å². The van der Waals surface area contributed by atoms with Crippen LogP contribution in [0.25, 0.3) is 43.1 Å². The Kier molecular flexibility index (Phi) is 39.0. The van der Waals surface area contributed by atoms with Crippen molar-refractivity contribution in [1.82, 2.24) is 21.3 Å². The minimum Gasteiger partial charge on any atom is -0.872 e. The molecule has 80 heavy (non-hydrogen) atoms.